The van der Waals surface area contributed by atoms with Gasteiger partial charge in [0.2, 0.25) is 0 Å². The van der Waals surface area contributed by atoms with Crippen LogP contribution >= 0.6 is 11.6 Å². The van der Waals surface area contributed by atoms with Gasteiger partial charge in [0.05, 0.1) is 5.69 Å². The Morgan fingerprint density at radius 2 is 1.59 bits per heavy atom. The molecule has 0 aliphatic rings. The van der Waals surface area contributed by atoms with Crippen LogP contribution in [0.2, 0.25) is 5.02 Å². The lowest BCUT2D eigenvalue weighted by molar-refractivity contribution is 0.241. The van der Waals surface area contributed by atoms with Crippen molar-refractivity contribution in [3.05, 3.63) is 131 Å². The summed E-state index contributed by atoms with van der Waals surface area (Å²) in [5.41, 5.74) is 3.52. The highest BCUT2D eigenvalue weighted by Gasteiger charge is 2.37. The highest BCUT2D eigenvalue weighted by molar-refractivity contribution is 6.31. The first kappa shape index (κ1) is 21.6. The average molecular weight is 442 g/mol. The molecule has 4 aromatic rings. The molecular weight excluding hydrogens is 418 g/mol. The van der Waals surface area contributed by atoms with Gasteiger partial charge in [-0.05, 0) is 53.9 Å². The zero-order valence-corrected chi connectivity index (χ0v) is 18.5. The van der Waals surface area contributed by atoms with Crippen LogP contribution in [0.25, 0.3) is 0 Å². The van der Waals surface area contributed by atoms with Gasteiger partial charge in [-0.1, -0.05) is 78.3 Å². The topological polar surface area (TPSA) is 54.0 Å². The maximum atomic E-state index is 13.3. The fourth-order valence-electron chi connectivity index (χ4n) is 3.93. The predicted octanol–water partition coefficient (Wildman–Crippen LogP) is 6.35. The molecule has 0 radical (unpaired) electrons. The van der Waals surface area contributed by atoms with Crippen LogP contribution in [0.15, 0.2) is 103 Å². The molecule has 4 nitrogen and oxygen atoms in total. The zero-order chi connectivity index (χ0) is 22.4. The Hall–Kier alpha value is -3.63. The van der Waals surface area contributed by atoms with Crippen molar-refractivity contribution < 1.29 is 4.79 Å². The third kappa shape index (κ3) is 4.98. The molecule has 32 heavy (non-hydrogen) atoms. The summed E-state index contributed by atoms with van der Waals surface area (Å²) >= 11 is 6.18. The molecule has 160 valence electrons. The quantitative estimate of drug-likeness (QED) is 0.366. The number of nitrogens with one attached hydrogen (secondary N) is 2. The minimum absolute atomic E-state index is 0.336. The number of amides is 2. The molecule has 0 bridgehead atoms. The normalized spacial score (nSPS) is 12.6. The van der Waals surface area contributed by atoms with Crippen molar-refractivity contribution in [2.45, 2.75) is 18.9 Å². The van der Waals surface area contributed by atoms with E-state index in [9.17, 15) is 4.79 Å². The highest BCUT2D eigenvalue weighted by Crippen LogP contribution is 2.32. The van der Waals surface area contributed by atoms with Crippen LogP contribution in [0.3, 0.4) is 0 Å². The first-order valence-corrected chi connectivity index (χ1v) is 10.8. The van der Waals surface area contributed by atoms with Gasteiger partial charge in [-0.3, -0.25) is 4.98 Å². The molecule has 0 aliphatic carbocycles. The third-order valence-corrected chi connectivity index (χ3v) is 5.53. The van der Waals surface area contributed by atoms with Crippen molar-refractivity contribution in [1.29, 1.82) is 0 Å². The molecule has 1 unspecified atom stereocenters. The number of benzene rings is 3. The average Bonchev–Trinajstić information content (AvgIpc) is 2.80. The van der Waals surface area contributed by atoms with Gasteiger partial charge in [0.25, 0.3) is 0 Å². The molecule has 4 rings (SSSR count). The summed E-state index contributed by atoms with van der Waals surface area (Å²) in [4.78, 5) is 17.9. The Labute approximate surface area is 193 Å². The number of hydrogen-bond acceptors (Lipinski definition) is 2. The number of aromatic nitrogens is 1. The number of rotatable bonds is 6. The molecule has 3 aromatic carbocycles. The number of anilines is 1. The maximum Gasteiger partial charge on any atom is 0.320 e. The molecule has 0 aliphatic heterocycles. The van der Waals surface area contributed by atoms with E-state index in [1.807, 2.05) is 85.8 Å². The van der Waals surface area contributed by atoms with Crippen LogP contribution in [0.1, 0.15) is 22.4 Å². The highest BCUT2D eigenvalue weighted by atomic mass is 35.5. The van der Waals surface area contributed by atoms with Gasteiger partial charge in [0.15, 0.2) is 0 Å². The summed E-state index contributed by atoms with van der Waals surface area (Å²) in [5.74, 6) is 0. The number of aryl methyl sites for hydroxylation is 1. The fraction of sp³-hybridized carbons (Fsp3) is 0.111. The lowest BCUT2D eigenvalue weighted by Gasteiger charge is -2.35. The number of halogens is 1. The number of urea groups is 1. The summed E-state index contributed by atoms with van der Waals surface area (Å²) in [7, 11) is 0. The maximum absolute atomic E-state index is 13.3. The molecule has 1 atom stereocenters. The summed E-state index contributed by atoms with van der Waals surface area (Å²) < 4.78 is 0. The number of hydrogen-bond donors (Lipinski definition) is 2. The van der Waals surface area contributed by atoms with E-state index >= 15 is 0 Å². The van der Waals surface area contributed by atoms with Crippen LogP contribution in [-0.2, 0) is 12.0 Å². The van der Waals surface area contributed by atoms with E-state index in [0.717, 1.165) is 22.4 Å². The Bertz CT molecular complexity index is 1120. The van der Waals surface area contributed by atoms with Crippen molar-refractivity contribution in [2.24, 2.45) is 0 Å². The Morgan fingerprint density at radius 3 is 2.25 bits per heavy atom. The molecule has 0 saturated carbocycles. The van der Waals surface area contributed by atoms with Gasteiger partial charge < -0.3 is 10.6 Å². The predicted molar refractivity (Wildman–Crippen MR) is 130 cm³/mol. The summed E-state index contributed by atoms with van der Waals surface area (Å²) in [5, 5.41) is 6.76. The summed E-state index contributed by atoms with van der Waals surface area (Å²) in [6, 6.07) is 30.9. The molecule has 0 spiro atoms. The molecule has 2 N–H and O–H groups in total. The molecule has 5 heteroatoms. The molecule has 1 heterocycles. The second kappa shape index (κ2) is 9.67. The number of pyridine rings is 1. The number of carbonyl (C=O) groups is 1. The van der Waals surface area contributed by atoms with E-state index < -0.39 is 5.54 Å². The summed E-state index contributed by atoms with van der Waals surface area (Å²) in [6.07, 6.45) is 2.29. The molecule has 1 aromatic heterocycles. The Kier molecular flexibility index (Phi) is 6.52. The Morgan fingerprint density at radius 1 is 0.906 bits per heavy atom. The van der Waals surface area contributed by atoms with Crippen LogP contribution in [0.4, 0.5) is 10.5 Å². The standard InChI is InChI=1S/C27H24ClN3O/c1-20-16-23(28)18-24(17-20)30-26(32)31-27(22-12-6-3-7-13-22,25-14-8-9-15-29-25)19-21-10-4-2-5-11-21/h2-18H,19H2,1H3,(H2,30,31,32). The van der Waals surface area contributed by atoms with Crippen molar-refractivity contribution in [3.63, 3.8) is 0 Å². The van der Waals surface area contributed by atoms with Gasteiger partial charge in [0.1, 0.15) is 5.54 Å². The van der Waals surface area contributed by atoms with Gasteiger partial charge in [-0.25, -0.2) is 4.79 Å². The van der Waals surface area contributed by atoms with Crippen molar-refractivity contribution in [2.75, 3.05) is 5.32 Å². The largest absolute Gasteiger partial charge is 0.322 e. The minimum atomic E-state index is -0.873. The molecule has 0 fully saturated rings. The van der Waals surface area contributed by atoms with Gasteiger partial charge in [-0.2, -0.15) is 0 Å². The van der Waals surface area contributed by atoms with Crippen molar-refractivity contribution >= 4 is 23.3 Å². The SMILES string of the molecule is Cc1cc(Cl)cc(NC(=O)NC(Cc2ccccc2)(c2ccccc2)c2ccccn2)c1. The molecular formula is C27H24ClN3O. The molecule has 2 amide bonds. The third-order valence-electron chi connectivity index (χ3n) is 5.31. The van der Waals surface area contributed by atoms with Gasteiger partial charge >= 0.3 is 6.03 Å². The smallest absolute Gasteiger partial charge is 0.320 e. The van der Waals surface area contributed by atoms with E-state index in [-0.39, 0.29) is 6.03 Å². The number of carbonyl (C=O) groups excluding carboxylic acids is 1. The van der Waals surface area contributed by atoms with Crippen LogP contribution < -0.4 is 10.6 Å². The molecule has 0 saturated heterocycles. The first-order valence-electron chi connectivity index (χ1n) is 10.4. The lowest BCUT2D eigenvalue weighted by atomic mass is 9.80. The number of nitrogens with zero attached hydrogens (tertiary/aromatic N) is 1. The second-order valence-corrected chi connectivity index (χ2v) is 8.18. The second-order valence-electron chi connectivity index (χ2n) is 7.75. The first-order chi connectivity index (χ1) is 15.5. The Balaban J connectivity index is 1.77. The van der Waals surface area contributed by atoms with Crippen LogP contribution in [-0.4, -0.2) is 11.0 Å². The van der Waals surface area contributed by atoms with E-state index in [1.54, 1.807) is 12.3 Å². The summed E-state index contributed by atoms with van der Waals surface area (Å²) in [6.45, 7) is 1.94. The van der Waals surface area contributed by atoms with Gasteiger partial charge in [0, 0.05) is 23.3 Å². The van der Waals surface area contributed by atoms with E-state index in [4.69, 9.17) is 11.6 Å². The van der Waals surface area contributed by atoms with E-state index in [0.29, 0.717) is 17.1 Å². The minimum Gasteiger partial charge on any atom is -0.322 e. The lowest BCUT2D eigenvalue weighted by Crippen LogP contribution is -2.50. The van der Waals surface area contributed by atoms with E-state index in [2.05, 4.69) is 27.8 Å². The van der Waals surface area contributed by atoms with Crippen LogP contribution in [0, 0.1) is 6.92 Å². The van der Waals surface area contributed by atoms with Crippen LogP contribution in [0.5, 0.6) is 0 Å². The monoisotopic (exact) mass is 441 g/mol. The van der Waals surface area contributed by atoms with Crippen molar-refractivity contribution in [3.8, 4) is 0 Å². The van der Waals surface area contributed by atoms with E-state index in [1.165, 1.54) is 0 Å². The zero-order valence-electron chi connectivity index (χ0n) is 17.8. The van der Waals surface area contributed by atoms with Gasteiger partial charge in [-0.15, -0.1) is 0 Å². The van der Waals surface area contributed by atoms with Crippen molar-refractivity contribution in [1.82, 2.24) is 10.3 Å². The fourth-order valence-corrected chi connectivity index (χ4v) is 4.22.